The summed E-state index contributed by atoms with van der Waals surface area (Å²) in [6.07, 6.45) is 0. The average molecular weight is 280 g/mol. The van der Waals surface area contributed by atoms with Crippen molar-refractivity contribution in [2.75, 3.05) is 5.75 Å². The molecule has 1 atom stereocenters. The number of hydrogen-bond donors (Lipinski definition) is 2. The fraction of sp³-hybridized carbons (Fsp3) is 0.429. The average Bonchev–Trinajstić information content (AvgIpc) is 2.35. The zero-order chi connectivity index (χ0) is 14.5. The van der Waals surface area contributed by atoms with Crippen molar-refractivity contribution in [3.63, 3.8) is 0 Å². The summed E-state index contributed by atoms with van der Waals surface area (Å²) in [6.45, 7) is 5.54. The largest absolute Gasteiger partial charge is 0.368 e. The van der Waals surface area contributed by atoms with Gasteiger partial charge in [0.25, 0.3) is 0 Å². The van der Waals surface area contributed by atoms with E-state index in [1.165, 1.54) is 12.5 Å². The zero-order valence-electron chi connectivity index (χ0n) is 11.5. The number of primary amides is 1. The van der Waals surface area contributed by atoms with Gasteiger partial charge in [-0.05, 0) is 19.4 Å². The lowest BCUT2D eigenvalue weighted by molar-refractivity contribution is -0.125. The van der Waals surface area contributed by atoms with Crippen LogP contribution in [-0.4, -0.2) is 23.6 Å². The smallest absolute Gasteiger partial charge is 0.240 e. The molecule has 0 aliphatic heterocycles. The third-order valence-electron chi connectivity index (χ3n) is 2.80. The minimum absolute atomic E-state index is 0.145. The molecule has 0 aromatic heterocycles. The van der Waals surface area contributed by atoms with Crippen molar-refractivity contribution in [3.8, 4) is 0 Å². The number of nitrogens with one attached hydrogen (secondary N) is 1. The molecule has 0 aliphatic rings. The molecule has 0 saturated carbocycles. The highest BCUT2D eigenvalue weighted by Crippen LogP contribution is 2.35. The first kappa shape index (κ1) is 15.6. The van der Waals surface area contributed by atoms with E-state index in [2.05, 4.69) is 19.2 Å². The predicted octanol–water partition coefficient (Wildman–Crippen LogP) is 1.64. The number of nitrogens with two attached hydrogens (primary N) is 1. The molecule has 0 aliphatic carbocycles. The molecule has 1 aromatic rings. The summed E-state index contributed by atoms with van der Waals surface area (Å²) in [5.74, 6) is -0.301. The Morgan fingerprint density at radius 1 is 1.32 bits per heavy atom. The van der Waals surface area contributed by atoms with Gasteiger partial charge in [0.2, 0.25) is 11.8 Å². The van der Waals surface area contributed by atoms with Crippen molar-refractivity contribution in [1.29, 1.82) is 0 Å². The predicted molar refractivity (Wildman–Crippen MR) is 78.7 cm³/mol. The van der Waals surface area contributed by atoms with Crippen molar-refractivity contribution < 1.29 is 9.59 Å². The first-order valence-corrected chi connectivity index (χ1v) is 7.07. The van der Waals surface area contributed by atoms with Gasteiger partial charge in [-0.2, -0.15) is 0 Å². The van der Waals surface area contributed by atoms with E-state index in [0.717, 1.165) is 0 Å². The number of amides is 2. The Bertz CT molecular complexity index is 446. The van der Waals surface area contributed by atoms with Crippen LogP contribution in [0.15, 0.2) is 30.3 Å². The van der Waals surface area contributed by atoms with Crippen molar-refractivity contribution >= 4 is 23.6 Å². The van der Waals surface area contributed by atoms with Gasteiger partial charge in [-0.1, -0.05) is 30.3 Å². The molecule has 4 nitrogen and oxygen atoms in total. The lowest BCUT2D eigenvalue weighted by Gasteiger charge is -2.26. The second-order valence-electron chi connectivity index (χ2n) is 4.84. The third-order valence-corrected chi connectivity index (χ3v) is 4.26. The summed E-state index contributed by atoms with van der Waals surface area (Å²) < 4.78 is -0.145. The Labute approximate surface area is 118 Å². The number of thioether (sulfide) groups is 1. The Morgan fingerprint density at radius 3 is 2.37 bits per heavy atom. The van der Waals surface area contributed by atoms with E-state index in [4.69, 9.17) is 5.73 Å². The topological polar surface area (TPSA) is 72.2 Å². The van der Waals surface area contributed by atoms with Crippen molar-refractivity contribution in [2.24, 2.45) is 5.73 Å². The number of benzene rings is 1. The molecule has 0 heterocycles. The van der Waals surface area contributed by atoms with Crippen LogP contribution in [-0.2, 0) is 14.3 Å². The minimum Gasteiger partial charge on any atom is -0.368 e. The number of carbonyl (C=O) groups is 2. The standard InChI is InChI=1S/C14H20N2O2S/c1-10(17)16-12(13(15)18)9-19-14(2,3)11-7-5-4-6-8-11/h4-8,12H,9H2,1-3H3,(H2,15,18)(H,16,17)/t12-/m0/s1. The summed E-state index contributed by atoms with van der Waals surface area (Å²) in [5, 5.41) is 2.57. The molecule has 0 radical (unpaired) electrons. The van der Waals surface area contributed by atoms with Crippen LogP contribution in [0, 0.1) is 0 Å². The van der Waals surface area contributed by atoms with Gasteiger partial charge < -0.3 is 11.1 Å². The summed E-state index contributed by atoms with van der Waals surface area (Å²) in [4.78, 5) is 22.3. The van der Waals surface area contributed by atoms with Crippen LogP contribution in [0.1, 0.15) is 26.3 Å². The van der Waals surface area contributed by atoms with Crippen LogP contribution in [0.5, 0.6) is 0 Å². The van der Waals surface area contributed by atoms with Crippen LogP contribution in [0.25, 0.3) is 0 Å². The van der Waals surface area contributed by atoms with Gasteiger partial charge in [-0.25, -0.2) is 0 Å². The molecule has 5 heteroatoms. The maximum Gasteiger partial charge on any atom is 0.240 e. The fourth-order valence-electron chi connectivity index (χ4n) is 1.65. The second kappa shape index (κ2) is 6.61. The number of rotatable bonds is 6. The van der Waals surface area contributed by atoms with E-state index < -0.39 is 11.9 Å². The van der Waals surface area contributed by atoms with E-state index in [0.29, 0.717) is 5.75 Å². The molecule has 0 bridgehead atoms. The Morgan fingerprint density at radius 2 is 1.89 bits per heavy atom. The monoisotopic (exact) mass is 280 g/mol. The molecule has 0 fully saturated rings. The minimum atomic E-state index is -0.634. The molecule has 0 unspecified atom stereocenters. The molecule has 2 amide bonds. The molecule has 0 spiro atoms. The Kier molecular flexibility index (Phi) is 5.42. The second-order valence-corrected chi connectivity index (χ2v) is 6.49. The van der Waals surface area contributed by atoms with Crippen LogP contribution >= 0.6 is 11.8 Å². The first-order valence-electron chi connectivity index (χ1n) is 6.09. The lowest BCUT2D eigenvalue weighted by atomic mass is 10.0. The van der Waals surface area contributed by atoms with Crippen LogP contribution in [0.2, 0.25) is 0 Å². The molecular weight excluding hydrogens is 260 g/mol. The highest BCUT2D eigenvalue weighted by Gasteiger charge is 2.25. The van der Waals surface area contributed by atoms with Gasteiger partial charge in [0.1, 0.15) is 6.04 Å². The van der Waals surface area contributed by atoms with Gasteiger partial charge in [0.15, 0.2) is 0 Å². The highest BCUT2D eigenvalue weighted by molar-refractivity contribution is 8.00. The van der Waals surface area contributed by atoms with E-state index in [1.54, 1.807) is 11.8 Å². The zero-order valence-corrected chi connectivity index (χ0v) is 12.3. The first-order chi connectivity index (χ1) is 8.83. The fourth-order valence-corrected chi connectivity index (χ4v) is 2.79. The molecule has 19 heavy (non-hydrogen) atoms. The molecule has 0 saturated heterocycles. The molecule has 104 valence electrons. The Hall–Kier alpha value is -1.49. The van der Waals surface area contributed by atoms with E-state index in [-0.39, 0.29) is 10.7 Å². The third kappa shape index (κ3) is 4.95. The van der Waals surface area contributed by atoms with E-state index in [1.807, 2.05) is 30.3 Å². The normalized spacial score (nSPS) is 12.8. The number of carbonyl (C=O) groups excluding carboxylic acids is 2. The molecule has 3 N–H and O–H groups in total. The van der Waals surface area contributed by atoms with Crippen molar-refractivity contribution in [2.45, 2.75) is 31.6 Å². The van der Waals surface area contributed by atoms with Crippen molar-refractivity contribution in [1.82, 2.24) is 5.32 Å². The number of hydrogen-bond acceptors (Lipinski definition) is 3. The van der Waals surface area contributed by atoms with Crippen LogP contribution in [0.4, 0.5) is 0 Å². The van der Waals surface area contributed by atoms with Crippen LogP contribution < -0.4 is 11.1 Å². The summed E-state index contributed by atoms with van der Waals surface area (Å²) >= 11 is 1.59. The molecular formula is C14H20N2O2S. The van der Waals surface area contributed by atoms with E-state index >= 15 is 0 Å². The SMILES string of the molecule is CC(=O)N[C@@H](CSC(C)(C)c1ccccc1)C(N)=O. The van der Waals surface area contributed by atoms with Gasteiger partial charge in [0, 0.05) is 17.4 Å². The van der Waals surface area contributed by atoms with Gasteiger partial charge in [-0.3, -0.25) is 9.59 Å². The lowest BCUT2D eigenvalue weighted by Crippen LogP contribution is -2.45. The summed E-state index contributed by atoms with van der Waals surface area (Å²) in [5.41, 5.74) is 6.46. The van der Waals surface area contributed by atoms with Crippen LogP contribution in [0.3, 0.4) is 0 Å². The highest BCUT2D eigenvalue weighted by atomic mass is 32.2. The quantitative estimate of drug-likeness (QED) is 0.832. The maximum atomic E-state index is 11.3. The van der Waals surface area contributed by atoms with Gasteiger partial charge in [0.05, 0.1) is 0 Å². The van der Waals surface area contributed by atoms with Gasteiger partial charge >= 0.3 is 0 Å². The van der Waals surface area contributed by atoms with E-state index in [9.17, 15) is 9.59 Å². The summed E-state index contributed by atoms with van der Waals surface area (Å²) in [7, 11) is 0. The van der Waals surface area contributed by atoms with Gasteiger partial charge in [-0.15, -0.1) is 11.8 Å². The maximum absolute atomic E-state index is 11.3. The molecule has 1 rings (SSSR count). The Balaban J connectivity index is 2.68. The van der Waals surface area contributed by atoms with Crippen molar-refractivity contribution in [3.05, 3.63) is 35.9 Å². The summed E-state index contributed by atoms with van der Waals surface area (Å²) in [6, 6.07) is 9.39. The molecule has 1 aromatic carbocycles.